The van der Waals surface area contributed by atoms with Gasteiger partial charge in [-0.2, -0.15) is 5.10 Å². The van der Waals surface area contributed by atoms with Gasteiger partial charge in [0.25, 0.3) is 0 Å². The second-order valence-corrected chi connectivity index (χ2v) is 3.82. The lowest BCUT2D eigenvalue weighted by molar-refractivity contribution is 0.249. The molecule has 0 bridgehead atoms. The minimum atomic E-state index is -0.708. The SMILES string of the molecule is C/C(=N\NC(N)=O)c1nc2ccccc2nc1C. The third kappa shape index (κ3) is 2.42. The predicted molar refractivity (Wildman–Crippen MR) is 69.2 cm³/mol. The Balaban J connectivity index is 2.47. The quantitative estimate of drug-likeness (QED) is 0.615. The Morgan fingerprint density at radius 2 is 1.89 bits per heavy atom. The Labute approximate surface area is 104 Å². The summed E-state index contributed by atoms with van der Waals surface area (Å²) in [4.78, 5) is 19.5. The fourth-order valence-corrected chi connectivity index (χ4v) is 1.62. The molecule has 1 heterocycles. The molecular weight excluding hydrogens is 230 g/mol. The number of hydrogen-bond acceptors (Lipinski definition) is 4. The lowest BCUT2D eigenvalue weighted by Gasteiger charge is -2.05. The predicted octanol–water partition coefficient (Wildman–Crippen LogP) is 1.33. The summed E-state index contributed by atoms with van der Waals surface area (Å²) < 4.78 is 0. The third-order valence-electron chi connectivity index (χ3n) is 2.42. The fourth-order valence-electron chi connectivity index (χ4n) is 1.62. The second-order valence-electron chi connectivity index (χ2n) is 3.82. The van der Waals surface area contributed by atoms with Gasteiger partial charge in [-0.25, -0.2) is 20.2 Å². The van der Waals surface area contributed by atoms with E-state index < -0.39 is 6.03 Å². The fraction of sp³-hybridized carbons (Fsp3) is 0.167. The van der Waals surface area contributed by atoms with Crippen molar-refractivity contribution in [3.8, 4) is 0 Å². The molecule has 92 valence electrons. The summed E-state index contributed by atoms with van der Waals surface area (Å²) in [6, 6.07) is 6.87. The zero-order chi connectivity index (χ0) is 13.1. The minimum absolute atomic E-state index is 0.560. The van der Waals surface area contributed by atoms with Crippen LogP contribution in [-0.4, -0.2) is 21.7 Å². The molecule has 2 aromatic rings. The maximum Gasteiger partial charge on any atom is 0.332 e. The number of carbonyl (C=O) groups is 1. The number of aryl methyl sites for hydroxylation is 1. The van der Waals surface area contributed by atoms with Gasteiger partial charge in [-0.3, -0.25) is 0 Å². The van der Waals surface area contributed by atoms with Crippen molar-refractivity contribution in [2.45, 2.75) is 13.8 Å². The molecule has 0 aliphatic heterocycles. The van der Waals surface area contributed by atoms with Crippen LogP contribution in [0, 0.1) is 6.92 Å². The standard InChI is InChI=1S/C12H13N5O/c1-7-11(8(2)16-17-12(13)18)15-10-6-4-3-5-9(10)14-7/h3-6H,1-2H3,(H3,13,17,18)/b16-8+. The number of nitrogens with one attached hydrogen (secondary N) is 1. The van der Waals surface area contributed by atoms with Gasteiger partial charge in [0.15, 0.2) is 0 Å². The number of urea groups is 1. The van der Waals surface area contributed by atoms with Crippen molar-refractivity contribution >= 4 is 22.8 Å². The van der Waals surface area contributed by atoms with Gasteiger partial charge in [-0.1, -0.05) is 12.1 Å². The largest absolute Gasteiger partial charge is 0.350 e. The maximum absolute atomic E-state index is 10.6. The van der Waals surface area contributed by atoms with E-state index in [0.717, 1.165) is 16.7 Å². The number of hydrazone groups is 1. The highest BCUT2D eigenvalue weighted by atomic mass is 16.2. The molecule has 0 atom stereocenters. The van der Waals surface area contributed by atoms with Gasteiger partial charge in [0, 0.05) is 0 Å². The summed E-state index contributed by atoms with van der Waals surface area (Å²) in [5, 5.41) is 3.85. The molecule has 6 nitrogen and oxygen atoms in total. The van der Waals surface area contributed by atoms with Crippen LogP contribution in [0.2, 0.25) is 0 Å². The van der Waals surface area contributed by atoms with Crippen molar-refractivity contribution in [3.63, 3.8) is 0 Å². The van der Waals surface area contributed by atoms with E-state index >= 15 is 0 Å². The van der Waals surface area contributed by atoms with Crippen LogP contribution in [0.1, 0.15) is 18.3 Å². The molecular formula is C12H13N5O. The summed E-state index contributed by atoms with van der Waals surface area (Å²) in [7, 11) is 0. The van der Waals surface area contributed by atoms with Crippen LogP contribution >= 0.6 is 0 Å². The summed E-state index contributed by atoms with van der Waals surface area (Å²) in [5.41, 5.74) is 10.7. The first-order valence-corrected chi connectivity index (χ1v) is 5.41. The summed E-state index contributed by atoms with van der Waals surface area (Å²) in [6.07, 6.45) is 0. The molecule has 0 aliphatic carbocycles. The van der Waals surface area contributed by atoms with Crippen LogP contribution in [0.5, 0.6) is 0 Å². The molecule has 0 saturated heterocycles. The van der Waals surface area contributed by atoms with Gasteiger partial charge in [0.2, 0.25) is 0 Å². The van der Waals surface area contributed by atoms with Crippen molar-refractivity contribution in [1.29, 1.82) is 0 Å². The van der Waals surface area contributed by atoms with Gasteiger partial charge in [-0.05, 0) is 26.0 Å². The van der Waals surface area contributed by atoms with Gasteiger partial charge in [0.05, 0.1) is 22.4 Å². The van der Waals surface area contributed by atoms with Crippen molar-refractivity contribution in [2.75, 3.05) is 0 Å². The average Bonchev–Trinajstić information content (AvgIpc) is 2.35. The van der Waals surface area contributed by atoms with Crippen LogP contribution < -0.4 is 11.2 Å². The van der Waals surface area contributed by atoms with E-state index in [9.17, 15) is 4.79 Å². The molecule has 0 unspecified atom stereocenters. The zero-order valence-corrected chi connectivity index (χ0v) is 10.1. The van der Waals surface area contributed by atoms with Crippen molar-refractivity contribution in [2.24, 2.45) is 10.8 Å². The van der Waals surface area contributed by atoms with E-state index in [1.165, 1.54) is 0 Å². The van der Waals surface area contributed by atoms with Crippen LogP contribution in [0.4, 0.5) is 4.79 Å². The average molecular weight is 243 g/mol. The number of hydrogen-bond donors (Lipinski definition) is 2. The molecule has 0 spiro atoms. The van der Waals surface area contributed by atoms with Crippen LogP contribution in [0.15, 0.2) is 29.4 Å². The summed E-state index contributed by atoms with van der Waals surface area (Å²) in [6.45, 7) is 3.58. The van der Waals surface area contributed by atoms with Gasteiger partial charge in [-0.15, -0.1) is 0 Å². The Morgan fingerprint density at radius 1 is 1.28 bits per heavy atom. The number of nitrogens with zero attached hydrogens (tertiary/aromatic N) is 3. The number of nitrogens with two attached hydrogens (primary N) is 1. The summed E-state index contributed by atoms with van der Waals surface area (Å²) in [5.74, 6) is 0. The normalized spacial score (nSPS) is 11.6. The summed E-state index contributed by atoms with van der Waals surface area (Å²) >= 11 is 0. The van der Waals surface area contributed by atoms with Crippen LogP contribution in [0.25, 0.3) is 11.0 Å². The Morgan fingerprint density at radius 3 is 2.50 bits per heavy atom. The van der Waals surface area contributed by atoms with E-state index in [0.29, 0.717) is 11.4 Å². The first-order chi connectivity index (χ1) is 8.58. The molecule has 0 aliphatic rings. The van der Waals surface area contributed by atoms with E-state index in [1.54, 1.807) is 6.92 Å². The van der Waals surface area contributed by atoms with E-state index in [-0.39, 0.29) is 0 Å². The number of primary amides is 1. The Kier molecular flexibility index (Phi) is 3.18. The minimum Gasteiger partial charge on any atom is -0.350 e. The molecule has 0 fully saturated rings. The molecule has 2 rings (SSSR count). The number of rotatable bonds is 2. The first-order valence-electron chi connectivity index (χ1n) is 5.41. The molecule has 0 saturated carbocycles. The number of benzene rings is 1. The van der Waals surface area contributed by atoms with Gasteiger partial charge < -0.3 is 5.73 Å². The van der Waals surface area contributed by atoms with E-state index in [2.05, 4.69) is 20.5 Å². The number of fused-ring (bicyclic) bond motifs is 1. The lowest BCUT2D eigenvalue weighted by atomic mass is 10.2. The highest BCUT2D eigenvalue weighted by molar-refractivity contribution is 5.99. The molecule has 1 aromatic carbocycles. The van der Waals surface area contributed by atoms with Crippen LogP contribution in [-0.2, 0) is 0 Å². The smallest absolute Gasteiger partial charge is 0.332 e. The lowest BCUT2D eigenvalue weighted by Crippen LogP contribution is -2.25. The van der Waals surface area contributed by atoms with Crippen molar-refractivity contribution in [1.82, 2.24) is 15.4 Å². The third-order valence-corrected chi connectivity index (χ3v) is 2.42. The van der Waals surface area contributed by atoms with E-state index in [1.807, 2.05) is 31.2 Å². The Bertz CT molecular complexity index is 635. The molecule has 6 heteroatoms. The number of amides is 2. The molecule has 3 N–H and O–H groups in total. The van der Waals surface area contributed by atoms with Crippen molar-refractivity contribution < 1.29 is 4.79 Å². The maximum atomic E-state index is 10.6. The second kappa shape index (κ2) is 4.79. The number of carbonyl (C=O) groups excluding carboxylic acids is 1. The molecule has 2 amide bonds. The number of para-hydroxylation sites is 2. The molecule has 0 radical (unpaired) electrons. The van der Waals surface area contributed by atoms with Gasteiger partial charge >= 0.3 is 6.03 Å². The monoisotopic (exact) mass is 243 g/mol. The highest BCUT2D eigenvalue weighted by Crippen LogP contribution is 2.12. The number of aromatic nitrogens is 2. The molecule has 1 aromatic heterocycles. The van der Waals surface area contributed by atoms with Crippen LogP contribution in [0.3, 0.4) is 0 Å². The molecule has 18 heavy (non-hydrogen) atoms. The topological polar surface area (TPSA) is 93.3 Å². The Hall–Kier alpha value is -2.50. The zero-order valence-electron chi connectivity index (χ0n) is 10.1. The van der Waals surface area contributed by atoms with Crippen molar-refractivity contribution in [3.05, 3.63) is 35.7 Å². The first kappa shape index (κ1) is 12.0. The highest BCUT2D eigenvalue weighted by Gasteiger charge is 2.08. The van der Waals surface area contributed by atoms with E-state index in [4.69, 9.17) is 5.73 Å². The van der Waals surface area contributed by atoms with Gasteiger partial charge in [0.1, 0.15) is 5.69 Å².